The summed E-state index contributed by atoms with van der Waals surface area (Å²) >= 11 is 0. The number of nitrogens with two attached hydrogens (primary N) is 1. The predicted octanol–water partition coefficient (Wildman–Crippen LogP) is 1.76. The topological polar surface area (TPSA) is 90.1 Å². The number of nitrogens with one attached hydrogen (secondary N) is 1. The zero-order valence-electron chi connectivity index (χ0n) is 12.1. The average Bonchev–Trinajstić information content (AvgIpc) is 2.71. The largest absolute Gasteiger partial charge is 0.464 e. The SMILES string of the molecule is COC(=O)c1[nH]n(C2=C(C)C(C)CC=C2C)c(=O)c1N. The number of nitrogens with zero attached hydrogens (tertiary/aromatic N) is 1. The second-order valence-corrected chi connectivity index (χ2v) is 5.09. The summed E-state index contributed by atoms with van der Waals surface area (Å²) in [6.07, 6.45) is 3.02. The van der Waals surface area contributed by atoms with Gasteiger partial charge < -0.3 is 10.5 Å². The van der Waals surface area contributed by atoms with E-state index in [1.165, 1.54) is 11.8 Å². The van der Waals surface area contributed by atoms with Gasteiger partial charge in [0.1, 0.15) is 5.69 Å². The first-order valence-electron chi connectivity index (χ1n) is 6.45. The first kappa shape index (κ1) is 14.2. The minimum atomic E-state index is -0.651. The maximum Gasteiger partial charge on any atom is 0.358 e. The smallest absolute Gasteiger partial charge is 0.358 e. The van der Waals surface area contributed by atoms with Crippen LogP contribution in [-0.2, 0) is 4.74 Å². The number of hydrogen-bond donors (Lipinski definition) is 2. The highest BCUT2D eigenvalue weighted by Crippen LogP contribution is 2.31. The molecule has 0 bridgehead atoms. The normalized spacial score (nSPS) is 19.0. The molecule has 0 aromatic carbocycles. The van der Waals surface area contributed by atoms with Gasteiger partial charge in [0.2, 0.25) is 0 Å². The van der Waals surface area contributed by atoms with E-state index in [0.29, 0.717) is 5.92 Å². The number of nitrogen functional groups attached to an aromatic ring is 1. The van der Waals surface area contributed by atoms with Gasteiger partial charge in [0.05, 0.1) is 12.8 Å². The number of H-pyrrole nitrogens is 1. The van der Waals surface area contributed by atoms with E-state index in [0.717, 1.165) is 23.3 Å². The van der Waals surface area contributed by atoms with Gasteiger partial charge in [-0.15, -0.1) is 0 Å². The number of hydrogen-bond acceptors (Lipinski definition) is 4. The number of rotatable bonds is 2. The maximum absolute atomic E-state index is 12.2. The van der Waals surface area contributed by atoms with Crippen molar-refractivity contribution in [3.8, 4) is 0 Å². The Kier molecular flexibility index (Phi) is 3.57. The number of ether oxygens (including phenoxy) is 1. The van der Waals surface area contributed by atoms with Crippen molar-refractivity contribution in [1.82, 2.24) is 9.78 Å². The van der Waals surface area contributed by atoms with E-state index in [9.17, 15) is 9.59 Å². The third-order valence-electron chi connectivity index (χ3n) is 3.80. The number of aromatic nitrogens is 2. The molecule has 6 nitrogen and oxygen atoms in total. The fourth-order valence-corrected chi connectivity index (χ4v) is 2.39. The van der Waals surface area contributed by atoms with E-state index < -0.39 is 11.5 Å². The predicted molar refractivity (Wildman–Crippen MR) is 77.2 cm³/mol. The molecular formula is C14H19N3O3. The highest BCUT2D eigenvalue weighted by Gasteiger charge is 2.24. The summed E-state index contributed by atoms with van der Waals surface area (Å²) in [7, 11) is 1.25. The first-order valence-corrected chi connectivity index (χ1v) is 6.45. The van der Waals surface area contributed by atoms with Crippen LogP contribution in [0.1, 0.15) is 37.7 Å². The summed E-state index contributed by atoms with van der Waals surface area (Å²) in [5, 5.41) is 2.76. The van der Waals surface area contributed by atoms with E-state index in [2.05, 4.69) is 22.8 Å². The molecule has 2 rings (SSSR count). The molecule has 0 saturated carbocycles. The zero-order valence-corrected chi connectivity index (χ0v) is 12.1. The van der Waals surface area contributed by atoms with Crippen LogP contribution in [0, 0.1) is 5.92 Å². The Morgan fingerprint density at radius 3 is 2.75 bits per heavy atom. The fourth-order valence-electron chi connectivity index (χ4n) is 2.39. The Labute approximate surface area is 116 Å². The third kappa shape index (κ3) is 2.07. The van der Waals surface area contributed by atoms with E-state index in [1.54, 1.807) is 0 Å². The molecule has 0 amide bonds. The highest BCUT2D eigenvalue weighted by molar-refractivity contribution is 5.93. The van der Waals surface area contributed by atoms with Crippen molar-refractivity contribution < 1.29 is 9.53 Å². The van der Waals surface area contributed by atoms with Crippen molar-refractivity contribution in [2.45, 2.75) is 27.2 Å². The van der Waals surface area contributed by atoms with Gasteiger partial charge in [-0.25, -0.2) is 9.48 Å². The summed E-state index contributed by atoms with van der Waals surface area (Å²) in [5.74, 6) is -0.311. The second kappa shape index (κ2) is 5.03. The van der Waals surface area contributed by atoms with Gasteiger partial charge in [-0.3, -0.25) is 9.89 Å². The van der Waals surface area contributed by atoms with Crippen molar-refractivity contribution in [2.75, 3.05) is 12.8 Å². The van der Waals surface area contributed by atoms with Crippen molar-refractivity contribution in [3.05, 3.63) is 33.3 Å². The lowest BCUT2D eigenvalue weighted by Gasteiger charge is -2.22. The standard InChI is InChI=1S/C14H19N3O3/c1-7-5-6-8(2)12(9(7)3)17-13(18)10(15)11(16-17)14(19)20-4/h6-7,16H,5,15H2,1-4H3. The number of carbonyl (C=O) groups is 1. The van der Waals surface area contributed by atoms with Gasteiger partial charge in [0.15, 0.2) is 5.69 Å². The molecule has 1 aromatic heterocycles. The van der Waals surface area contributed by atoms with Gasteiger partial charge in [0, 0.05) is 0 Å². The Morgan fingerprint density at radius 2 is 2.15 bits per heavy atom. The van der Waals surface area contributed by atoms with Crippen LogP contribution in [0.5, 0.6) is 0 Å². The lowest BCUT2D eigenvalue weighted by atomic mass is 9.89. The van der Waals surface area contributed by atoms with Crippen LogP contribution in [0.4, 0.5) is 5.69 Å². The first-order chi connectivity index (χ1) is 9.38. The summed E-state index contributed by atoms with van der Waals surface area (Å²) in [6, 6.07) is 0. The zero-order chi connectivity index (χ0) is 15.0. The lowest BCUT2D eigenvalue weighted by Crippen LogP contribution is -2.22. The summed E-state index contributed by atoms with van der Waals surface area (Å²) in [5.41, 5.74) is 7.99. The molecule has 3 N–H and O–H groups in total. The Balaban J connectivity index is 2.65. The maximum atomic E-state index is 12.2. The molecule has 1 atom stereocenters. The Morgan fingerprint density at radius 1 is 1.50 bits per heavy atom. The minimum absolute atomic E-state index is 0.0103. The molecule has 0 radical (unpaired) electrons. The van der Waals surface area contributed by atoms with Crippen molar-refractivity contribution in [1.29, 1.82) is 0 Å². The van der Waals surface area contributed by atoms with Gasteiger partial charge in [-0.05, 0) is 37.3 Å². The average molecular weight is 277 g/mol. The van der Waals surface area contributed by atoms with Crippen LogP contribution in [-0.4, -0.2) is 22.9 Å². The Bertz CT molecular complexity index is 676. The van der Waals surface area contributed by atoms with Crippen LogP contribution in [0.25, 0.3) is 5.70 Å². The summed E-state index contributed by atoms with van der Waals surface area (Å²) in [4.78, 5) is 23.8. The number of carbonyl (C=O) groups excluding carboxylic acids is 1. The van der Waals surface area contributed by atoms with Gasteiger partial charge >= 0.3 is 5.97 Å². The minimum Gasteiger partial charge on any atom is -0.464 e. The van der Waals surface area contributed by atoms with Crippen LogP contribution >= 0.6 is 0 Å². The highest BCUT2D eigenvalue weighted by atomic mass is 16.5. The molecule has 1 aliphatic carbocycles. The number of methoxy groups -OCH3 is 1. The third-order valence-corrected chi connectivity index (χ3v) is 3.80. The number of allylic oxidation sites excluding steroid dienone is 4. The molecule has 0 spiro atoms. The number of anilines is 1. The van der Waals surface area contributed by atoms with Gasteiger partial charge in [0.25, 0.3) is 5.56 Å². The van der Waals surface area contributed by atoms with E-state index >= 15 is 0 Å². The van der Waals surface area contributed by atoms with Crippen molar-refractivity contribution in [2.24, 2.45) is 5.92 Å². The second-order valence-electron chi connectivity index (χ2n) is 5.09. The number of aromatic amines is 1. The quantitative estimate of drug-likeness (QED) is 0.806. The number of esters is 1. The van der Waals surface area contributed by atoms with E-state index in [4.69, 9.17) is 5.73 Å². The van der Waals surface area contributed by atoms with Crippen LogP contribution in [0.15, 0.2) is 22.0 Å². The molecular weight excluding hydrogens is 258 g/mol. The Hall–Kier alpha value is -2.24. The molecule has 1 heterocycles. The van der Waals surface area contributed by atoms with Crippen LogP contribution in [0.2, 0.25) is 0 Å². The molecule has 20 heavy (non-hydrogen) atoms. The molecule has 6 heteroatoms. The molecule has 0 fully saturated rings. The van der Waals surface area contributed by atoms with Crippen molar-refractivity contribution >= 4 is 17.4 Å². The van der Waals surface area contributed by atoms with Gasteiger partial charge in [-0.2, -0.15) is 0 Å². The van der Waals surface area contributed by atoms with Gasteiger partial charge in [-0.1, -0.05) is 13.0 Å². The molecule has 1 aliphatic rings. The molecule has 0 saturated heterocycles. The molecule has 1 unspecified atom stereocenters. The van der Waals surface area contributed by atoms with Crippen molar-refractivity contribution in [3.63, 3.8) is 0 Å². The monoisotopic (exact) mass is 277 g/mol. The molecule has 108 valence electrons. The van der Waals surface area contributed by atoms with Crippen LogP contribution in [0.3, 0.4) is 0 Å². The summed E-state index contributed by atoms with van der Waals surface area (Å²) < 4.78 is 5.95. The molecule has 0 aliphatic heterocycles. The molecule has 1 aromatic rings. The van der Waals surface area contributed by atoms with Crippen LogP contribution < -0.4 is 11.3 Å². The van der Waals surface area contributed by atoms with E-state index in [1.807, 2.05) is 13.8 Å². The van der Waals surface area contributed by atoms with E-state index in [-0.39, 0.29) is 11.4 Å². The lowest BCUT2D eigenvalue weighted by molar-refractivity contribution is 0.0594. The summed E-state index contributed by atoms with van der Waals surface area (Å²) in [6.45, 7) is 6.01. The fraction of sp³-hybridized carbons (Fsp3) is 0.429.